The summed E-state index contributed by atoms with van der Waals surface area (Å²) in [5.74, 6) is -10.8. The zero-order valence-corrected chi connectivity index (χ0v) is 30.7. The van der Waals surface area contributed by atoms with Crippen molar-refractivity contribution < 1.29 is 187 Å². The number of hydrogen-bond donors (Lipinski definition) is 4. The van der Waals surface area contributed by atoms with Crippen molar-refractivity contribution in [3.05, 3.63) is 0 Å². The summed E-state index contributed by atoms with van der Waals surface area (Å²) in [6.45, 7) is -3.63. The van der Waals surface area contributed by atoms with Crippen molar-refractivity contribution in [2.45, 2.75) is 37.8 Å². The first-order chi connectivity index (χ1) is 16.5. The minimum absolute atomic E-state index is 0. The van der Waals surface area contributed by atoms with Crippen molar-refractivity contribution >= 4 is 47.6 Å². The fraction of sp³-hybridized carbons (Fsp3) is 0.556. The zero-order chi connectivity index (χ0) is 28.6. The van der Waals surface area contributed by atoms with Gasteiger partial charge in [0, 0.05) is 12.8 Å². The minimum Gasteiger partial charge on any atom is -0.548 e. The maximum Gasteiger partial charge on any atom is 1.00 e. The monoisotopic (exact) mass is 612 g/mol. The molecule has 0 aliphatic carbocycles. The summed E-state index contributed by atoms with van der Waals surface area (Å²) in [7, 11) is 0. The molecule has 6 N–H and O–H groups in total. The smallest absolute Gasteiger partial charge is 0.548 e. The molecule has 0 spiro atoms. The van der Waals surface area contributed by atoms with Gasteiger partial charge in [-0.2, -0.15) is 0 Å². The van der Waals surface area contributed by atoms with Crippen LogP contribution in [0.3, 0.4) is 0 Å². The first-order valence-corrected chi connectivity index (χ1v) is 9.79. The first-order valence-electron chi connectivity index (χ1n) is 9.79. The average molecular weight is 612 g/mol. The van der Waals surface area contributed by atoms with Crippen LogP contribution in [0.1, 0.15) is 25.7 Å². The Kier molecular flexibility index (Phi) is 37.7. The van der Waals surface area contributed by atoms with E-state index in [0.717, 1.165) is 0 Å². The van der Waals surface area contributed by atoms with E-state index >= 15 is 0 Å². The predicted molar refractivity (Wildman–Crippen MR) is 103 cm³/mol. The number of nitrogens with two attached hydrogens (primary N) is 2. The van der Waals surface area contributed by atoms with Crippen LogP contribution >= 0.6 is 0 Å². The number of amides is 2. The molecule has 22 heteroatoms. The van der Waals surface area contributed by atoms with Crippen molar-refractivity contribution in [1.82, 2.24) is 9.80 Å². The number of carboxylic acids is 6. The molecule has 0 aromatic rings. The van der Waals surface area contributed by atoms with Crippen LogP contribution in [-0.2, 0) is 38.4 Å². The molecule has 0 saturated heterocycles. The molecule has 18 nitrogen and oxygen atoms in total. The van der Waals surface area contributed by atoms with Crippen molar-refractivity contribution in [2.75, 3.05) is 26.2 Å². The van der Waals surface area contributed by atoms with Gasteiger partial charge in [0.25, 0.3) is 0 Å². The minimum atomic E-state index is -1.63. The van der Waals surface area contributed by atoms with Gasteiger partial charge in [-0.3, -0.25) is 19.2 Å². The van der Waals surface area contributed by atoms with Crippen molar-refractivity contribution in [1.29, 1.82) is 0 Å². The molecule has 2 amide bonds. The SMILES string of the molecule is N[C@@H](CCC(=O)N(CC(=O)[O-])CC(=O)[O-])C(=O)O.N[C@@H](CCC(=O)N(CC(=O)[O-])CC(=O)[O-])C(=O)O.[Na+].[Na+].[Na+].[Na+]. The van der Waals surface area contributed by atoms with Gasteiger partial charge in [-0.25, -0.2) is 0 Å². The molecule has 0 bridgehead atoms. The first kappa shape index (κ1) is 52.3. The molecule has 0 fully saturated rings. The normalized spacial score (nSPS) is 10.4. The number of carboxylic acid groups (broad SMARTS) is 6. The van der Waals surface area contributed by atoms with E-state index in [9.17, 15) is 58.8 Å². The van der Waals surface area contributed by atoms with Gasteiger partial charge in [-0.15, -0.1) is 0 Å². The number of rotatable bonds is 16. The van der Waals surface area contributed by atoms with Crippen molar-refractivity contribution in [2.24, 2.45) is 11.5 Å². The van der Waals surface area contributed by atoms with Crippen LogP contribution < -0.4 is 150 Å². The molecule has 0 aliphatic rings. The third-order valence-electron chi connectivity index (χ3n) is 3.96. The Balaban J connectivity index is -0.000000131. The molecule has 0 aromatic heterocycles. The van der Waals surface area contributed by atoms with Crippen LogP contribution in [0.2, 0.25) is 0 Å². The second-order valence-corrected chi connectivity index (χ2v) is 6.95. The van der Waals surface area contributed by atoms with Crippen LogP contribution in [0.15, 0.2) is 0 Å². The van der Waals surface area contributed by atoms with Gasteiger partial charge in [0.15, 0.2) is 0 Å². The molecular weight excluding hydrogens is 588 g/mol. The van der Waals surface area contributed by atoms with E-state index in [-0.39, 0.29) is 144 Å². The molecule has 0 rings (SSSR count). The summed E-state index contributed by atoms with van der Waals surface area (Å²) in [5.41, 5.74) is 10.3. The fourth-order valence-electron chi connectivity index (χ4n) is 2.21. The second-order valence-electron chi connectivity index (χ2n) is 6.95. The summed E-state index contributed by atoms with van der Waals surface area (Å²) in [6.07, 6.45) is -1.22. The fourth-order valence-corrected chi connectivity index (χ4v) is 2.21. The molecule has 0 unspecified atom stereocenters. The second kappa shape index (κ2) is 28.8. The predicted octanol–water partition coefficient (Wildman–Crippen LogP) is -21.0. The molecule has 40 heavy (non-hydrogen) atoms. The Hall–Kier alpha value is -0.320. The third-order valence-corrected chi connectivity index (χ3v) is 3.96. The standard InChI is InChI=1S/2C9H14N2O7.4Na/c2*10-5(9(17)18)1-2-6(12)11(3-7(13)14)4-8(15)16;;;;/h2*5H,1-4,10H2,(H,13,14)(H,15,16)(H,17,18);;;;/q;;4*+1/p-4/t2*5-;;;;/m00..../s1. The van der Waals surface area contributed by atoms with E-state index in [0.29, 0.717) is 9.80 Å². The van der Waals surface area contributed by atoms with Gasteiger partial charge >= 0.3 is 130 Å². The number of nitrogens with zero attached hydrogens (tertiary/aromatic N) is 2. The average Bonchev–Trinajstić information content (AvgIpc) is 2.73. The maximum atomic E-state index is 11.4. The molecule has 0 heterocycles. The van der Waals surface area contributed by atoms with E-state index < -0.39 is 85.9 Å². The Morgan fingerprint density at radius 2 is 0.725 bits per heavy atom. The van der Waals surface area contributed by atoms with Crippen molar-refractivity contribution in [3.63, 3.8) is 0 Å². The Morgan fingerprint density at radius 3 is 0.875 bits per heavy atom. The molecule has 2 atom stereocenters. The van der Waals surface area contributed by atoms with Gasteiger partial charge < -0.3 is 71.1 Å². The van der Waals surface area contributed by atoms with E-state index in [1.54, 1.807) is 0 Å². The Labute approximate surface area is 316 Å². The molecule has 0 aromatic carbocycles. The topological polar surface area (TPSA) is 328 Å². The zero-order valence-electron chi connectivity index (χ0n) is 22.7. The molecule has 0 aliphatic heterocycles. The molecule has 0 radical (unpaired) electrons. The molecule has 204 valence electrons. The maximum absolute atomic E-state index is 11.4. The molecular formula is C18H24N4Na4O14. The number of aliphatic carboxylic acids is 6. The van der Waals surface area contributed by atoms with Gasteiger partial charge in [-0.1, -0.05) is 0 Å². The van der Waals surface area contributed by atoms with Crippen molar-refractivity contribution in [3.8, 4) is 0 Å². The summed E-state index contributed by atoms with van der Waals surface area (Å²) in [6, 6.07) is -2.55. The number of carbonyl (C=O) groups excluding carboxylic acids is 6. The van der Waals surface area contributed by atoms with E-state index in [4.69, 9.17) is 21.7 Å². The summed E-state index contributed by atoms with van der Waals surface area (Å²) in [5, 5.41) is 58.2. The van der Waals surface area contributed by atoms with Gasteiger partial charge in [-0.05, 0) is 12.8 Å². The summed E-state index contributed by atoms with van der Waals surface area (Å²) < 4.78 is 0. The van der Waals surface area contributed by atoms with Crippen LogP contribution in [0.5, 0.6) is 0 Å². The van der Waals surface area contributed by atoms with Gasteiger partial charge in [0.1, 0.15) is 12.1 Å². The molecule has 0 saturated carbocycles. The number of hydrogen-bond acceptors (Lipinski definition) is 14. The summed E-state index contributed by atoms with van der Waals surface area (Å²) in [4.78, 5) is 85.8. The van der Waals surface area contributed by atoms with Crippen LogP contribution in [0.4, 0.5) is 0 Å². The van der Waals surface area contributed by atoms with Crippen LogP contribution in [0, 0.1) is 0 Å². The number of carbonyl (C=O) groups is 8. The Bertz CT molecular complexity index is 764. The Morgan fingerprint density at radius 1 is 0.525 bits per heavy atom. The largest absolute Gasteiger partial charge is 1.00 e. The van der Waals surface area contributed by atoms with E-state index in [1.807, 2.05) is 0 Å². The quantitative estimate of drug-likeness (QED) is 0.118. The summed E-state index contributed by atoms with van der Waals surface area (Å²) >= 11 is 0. The van der Waals surface area contributed by atoms with Crippen LogP contribution in [-0.4, -0.2) is 106 Å². The van der Waals surface area contributed by atoms with E-state index in [1.165, 1.54) is 0 Å². The van der Waals surface area contributed by atoms with E-state index in [2.05, 4.69) is 0 Å². The third kappa shape index (κ3) is 29.2. The van der Waals surface area contributed by atoms with Gasteiger partial charge in [0.05, 0.1) is 50.1 Å². The van der Waals surface area contributed by atoms with Crippen LogP contribution in [0.25, 0.3) is 0 Å². The van der Waals surface area contributed by atoms with Gasteiger partial charge in [0.2, 0.25) is 11.8 Å².